The van der Waals surface area contributed by atoms with Gasteiger partial charge in [0.05, 0.1) is 0 Å². The molecule has 0 spiro atoms. The van der Waals surface area contributed by atoms with Crippen LogP contribution in [0.15, 0.2) is 59.1 Å². The minimum Gasteiger partial charge on any atom is -0.289 e. The van der Waals surface area contributed by atoms with Crippen LogP contribution in [0.4, 0.5) is 0 Å². The van der Waals surface area contributed by atoms with Gasteiger partial charge in [0.2, 0.25) is 0 Å². The predicted molar refractivity (Wildman–Crippen MR) is 88.0 cm³/mol. The number of allylic oxidation sites excluding steroid dienone is 1. The second kappa shape index (κ2) is 6.67. The average Bonchev–Trinajstić information content (AvgIpc) is 2.45. The van der Waals surface area contributed by atoms with Gasteiger partial charge in [0.15, 0.2) is 5.78 Å². The molecule has 0 saturated heterocycles. The van der Waals surface area contributed by atoms with E-state index in [1.165, 1.54) is 5.56 Å². The number of hydrogen-bond acceptors (Lipinski definition) is 1. The van der Waals surface area contributed by atoms with Crippen LogP contribution >= 0.6 is 15.9 Å². The van der Waals surface area contributed by atoms with E-state index in [0.29, 0.717) is 11.5 Å². The zero-order chi connectivity index (χ0) is 14.5. The number of rotatable bonds is 4. The van der Waals surface area contributed by atoms with Gasteiger partial charge in [0, 0.05) is 10.0 Å². The lowest BCUT2D eigenvalue weighted by Gasteiger charge is -2.08. The molecule has 0 atom stereocenters. The highest BCUT2D eigenvalue weighted by Gasteiger charge is 2.05. The Bertz CT molecular complexity index is 641. The van der Waals surface area contributed by atoms with E-state index in [1.807, 2.05) is 48.5 Å². The van der Waals surface area contributed by atoms with Crippen molar-refractivity contribution in [2.75, 3.05) is 0 Å². The number of halogens is 1. The molecule has 2 heteroatoms. The molecule has 2 rings (SSSR count). The second-order valence-corrected chi connectivity index (χ2v) is 5.91. The molecule has 0 amide bonds. The Labute approximate surface area is 128 Å². The van der Waals surface area contributed by atoms with Crippen molar-refractivity contribution in [3.8, 4) is 0 Å². The fraction of sp³-hybridized carbons (Fsp3) is 0.167. The van der Waals surface area contributed by atoms with Crippen LogP contribution in [-0.4, -0.2) is 5.78 Å². The molecule has 0 radical (unpaired) electrons. The maximum Gasteiger partial charge on any atom is 0.185 e. The zero-order valence-electron chi connectivity index (χ0n) is 11.6. The zero-order valence-corrected chi connectivity index (χ0v) is 13.2. The average molecular weight is 329 g/mol. The van der Waals surface area contributed by atoms with Crippen molar-refractivity contribution < 1.29 is 4.79 Å². The van der Waals surface area contributed by atoms with Crippen molar-refractivity contribution in [3.63, 3.8) is 0 Å². The van der Waals surface area contributed by atoms with Crippen molar-refractivity contribution in [2.24, 2.45) is 0 Å². The molecule has 0 unspecified atom stereocenters. The lowest BCUT2D eigenvalue weighted by atomic mass is 9.96. The van der Waals surface area contributed by atoms with Gasteiger partial charge in [0.25, 0.3) is 0 Å². The molecule has 2 aromatic rings. The summed E-state index contributed by atoms with van der Waals surface area (Å²) in [4.78, 5) is 12.1. The van der Waals surface area contributed by atoms with E-state index < -0.39 is 0 Å². The highest BCUT2D eigenvalue weighted by Crippen LogP contribution is 2.20. The fourth-order valence-electron chi connectivity index (χ4n) is 2.09. The Morgan fingerprint density at radius 3 is 2.55 bits per heavy atom. The molecule has 0 saturated carbocycles. The largest absolute Gasteiger partial charge is 0.289 e. The van der Waals surface area contributed by atoms with E-state index in [0.717, 1.165) is 10.0 Å². The minimum absolute atomic E-state index is 0.0184. The van der Waals surface area contributed by atoms with Crippen molar-refractivity contribution in [1.82, 2.24) is 0 Å². The van der Waals surface area contributed by atoms with Crippen molar-refractivity contribution in [2.45, 2.75) is 19.8 Å². The van der Waals surface area contributed by atoms with Gasteiger partial charge in [-0.3, -0.25) is 4.79 Å². The van der Waals surface area contributed by atoms with Crippen LogP contribution in [0.25, 0.3) is 6.08 Å². The number of carbonyl (C=O) groups excluding carboxylic acids is 1. The van der Waals surface area contributed by atoms with Gasteiger partial charge in [-0.25, -0.2) is 0 Å². The summed E-state index contributed by atoms with van der Waals surface area (Å²) < 4.78 is 0.916. The van der Waals surface area contributed by atoms with Crippen molar-refractivity contribution in [1.29, 1.82) is 0 Å². The first-order valence-electron chi connectivity index (χ1n) is 6.65. The van der Waals surface area contributed by atoms with Gasteiger partial charge in [-0.15, -0.1) is 0 Å². The van der Waals surface area contributed by atoms with Crippen LogP contribution in [-0.2, 0) is 0 Å². The van der Waals surface area contributed by atoms with E-state index >= 15 is 0 Å². The molecule has 0 bridgehead atoms. The van der Waals surface area contributed by atoms with Gasteiger partial charge in [-0.1, -0.05) is 72.3 Å². The van der Waals surface area contributed by atoms with Gasteiger partial charge < -0.3 is 0 Å². The molecule has 0 aliphatic carbocycles. The molecule has 2 aromatic carbocycles. The molecule has 0 N–H and O–H groups in total. The normalized spacial score (nSPS) is 11.2. The molecule has 0 fully saturated rings. The number of benzene rings is 2. The smallest absolute Gasteiger partial charge is 0.185 e. The van der Waals surface area contributed by atoms with Crippen LogP contribution in [0, 0.1) is 0 Å². The highest BCUT2D eigenvalue weighted by molar-refractivity contribution is 9.10. The Kier molecular flexibility index (Phi) is 4.91. The third-order valence-electron chi connectivity index (χ3n) is 3.14. The van der Waals surface area contributed by atoms with Crippen LogP contribution < -0.4 is 0 Å². The Balaban J connectivity index is 2.24. The van der Waals surface area contributed by atoms with Crippen LogP contribution in [0.1, 0.15) is 41.3 Å². The molecule has 0 aliphatic heterocycles. The summed E-state index contributed by atoms with van der Waals surface area (Å²) in [6.45, 7) is 4.31. The number of ketones is 1. The van der Waals surface area contributed by atoms with Crippen LogP contribution in [0.3, 0.4) is 0 Å². The molecular weight excluding hydrogens is 312 g/mol. The summed E-state index contributed by atoms with van der Waals surface area (Å²) in [6, 6.07) is 15.6. The standard InChI is InChI=1S/C18H17BrO/c1-13(2)17-9-4-3-6-14(17)10-11-18(20)15-7-5-8-16(19)12-15/h3-13H,1-2H3/b11-10+. The third-order valence-corrected chi connectivity index (χ3v) is 3.63. The monoisotopic (exact) mass is 328 g/mol. The van der Waals surface area contributed by atoms with Crippen LogP contribution in [0.2, 0.25) is 0 Å². The summed E-state index contributed by atoms with van der Waals surface area (Å²) in [6.07, 6.45) is 3.54. The third kappa shape index (κ3) is 3.67. The van der Waals surface area contributed by atoms with E-state index in [1.54, 1.807) is 6.08 Å². The Morgan fingerprint density at radius 2 is 1.85 bits per heavy atom. The summed E-state index contributed by atoms with van der Waals surface area (Å²) in [7, 11) is 0. The topological polar surface area (TPSA) is 17.1 Å². The Morgan fingerprint density at radius 1 is 1.10 bits per heavy atom. The number of carbonyl (C=O) groups is 1. The summed E-state index contributed by atoms with van der Waals surface area (Å²) >= 11 is 3.38. The van der Waals surface area contributed by atoms with Crippen molar-refractivity contribution >= 4 is 27.8 Å². The SMILES string of the molecule is CC(C)c1ccccc1/C=C/C(=O)c1cccc(Br)c1. The first-order valence-corrected chi connectivity index (χ1v) is 7.44. The van der Waals surface area contributed by atoms with E-state index in [-0.39, 0.29) is 5.78 Å². The predicted octanol–water partition coefficient (Wildman–Crippen LogP) is 5.47. The maximum absolute atomic E-state index is 12.1. The van der Waals surface area contributed by atoms with E-state index in [4.69, 9.17) is 0 Å². The first-order chi connectivity index (χ1) is 9.58. The summed E-state index contributed by atoms with van der Waals surface area (Å²) in [5, 5.41) is 0. The van der Waals surface area contributed by atoms with Crippen molar-refractivity contribution in [3.05, 3.63) is 75.8 Å². The summed E-state index contributed by atoms with van der Waals surface area (Å²) in [5.74, 6) is 0.460. The van der Waals surface area contributed by atoms with Crippen LogP contribution in [0.5, 0.6) is 0 Å². The van der Waals surface area contributed by atoms with Gasteiger partial charge in [-0.05, 0) is 35.3 Å². The van der Waals surface area contributed by atoms with Gasteiger partial charge in [-0.2, -0.15) is 0 Å². The molecule has 0 heterocycles. The maximum atomic E-state index is 12.1. The van der Waals surface area contributed by atoms with Gasteiger partial charge in [0.1, 0.15) is 0 Å². The molecule has 0 aliphatic rings. The fourth-order valence-corrected chi connectivity index (χ4v) is 2.49. The minimum atomic E-state index is 0.0184. The molecular formula is C18H17BrO. The molecule has 1 nitrogen and oxygen atoms in total. The molecule has 20 heavy (non-hydrogen) atoms. The quantitative estimate of drug-likeness (QED) is 0.537. The summed E-state index contributed by atoms with van der Waals surface area (Å²) in [5.41, 5.74) is 3.05. The Hall–Kier alpha value is -1.67. The van der Waals surface area contributed by atoms with Gasteiger partial charge >= 0.3 is 0 Å². The lowest BCUT2D eigenvalue weighted by molar-refractivity contribution is 0.104. The highest BCUT2D eigenvalue weighted by atomic mass is 79.9. The molecule has 102 valence electrons. The lowest BCUT2D eigenvalue weighted by Crippen LogP contribution is -1.95. The first kappa shape index (κ1) is 14.7. The second-order valence-electron chi connectivity index (χ2n) is 4.99. The van der Waals surface area contributed by atoms with E-state index in [2.05, 4.69) is 35.8 Å². The van der Waals surface area contributed by atoms with E-state index in [9.17, 15) is 4.79 Å². The number of hydrogen-bond donors (Lipinski definition) is 0. The molecule has 0 aromatic heterocycles.